The number of aliphatic hydroxyl groups is 1. The number of benzene rings is 3. The number of carbonyl (C=O) groups is 3. The number of nitrogens with zero attached hydrogens (tertiary/aromatic N) is 6. The zero-order valence-electron chi connectivity index (χ0n) is 30.0. The van der Waals surface area contributed by atoms with Gasteiger partial charge in [0.2, 0.25) is 0 Å². The Kier molecular flexibility index (Phi) is 11.1. The van der Waals surface area contributed by atoms with Gasteiger partial charge in [-0.05, 0) is 67.3 Å². The monoisotopic (exact) mass is 717 g/mol. The molecule has 3 N–H and O–H groups in total. The number of aromatic nitrogens is 4. The Morgan fingerprint density at radius 3 is 2.25 bits per heavy atom. The minimum Gasteiger partial charge on any atom is -0.505 e. The highest BCUT2D eigenvalue weighted by Gasteiger charge is 2.32. The number of aromatic hydroxyl groups is 1. The van der Waals surface area contributed by atoms with E-state index < -0.39 is 35.0 Å². The van der Waals surface area contributed by atoms with Crippen molar-refractivity contribution in [3.63, 3.8) is 0 Å². The van der Waals surface area contributed by atoms with Crippen LogP contribution in [0.25, 0.3) is 11.4 Å². The Morgan fingerprint density at radius 2 is 1.55 bits per heavy atom. The molecule has 5 aromatic rings. The van der Waals surface area contributed by atoms with E-state index in [0.29, 0.717) is 30.2 Å². The van der Waals surface area contributed by atoms with E-state index in [1.54, 1.807) is 55.5 Å². The van der Waals surface area contributed by atoms with Crippen LogP contribution in [0, 0.1) is 6.92 Å². The van der Waals surface area contributed by atoms with Crippen LogP contribution < -0.4 is 10.9 Å². The molecule has 1 unspecified atom stereocenters. The van der Waals surface area contributed by atoms with Gasteiger partial charge in [0.1, 0.15) is 6.23 Å². The van der Waals surface area contributed by atoms with E-state index in [2.05, 4.69) is 29.4 Å². The molecule has 2 aromatic heterocycles. The maximum absolute atomic E-state index is 14.5. The molecule has 0 bridgehead atoms. The molecule has 3 heterocycles. The molecule has 0 fully saturated rings. The standard InChI is InChI=1S/C40H43N7O6/c1-4-6-19-44(20-7-5-2)40(53)32-21-26(3)46(42-32)33-18-17-29(23-31(33)39(52)45-25-28-14-12-11-13-27(28)22-35(45)49)41-38(51)37-34(48)24-36(50)47(43-37)30-15-9-8-10-16-30/h8-18,21,23-24,35,48-49H,4-7,19-20,22,25H2,1-3H3,(H,41,51). The maximum atomic E-state index is 14.5. The Morgan fingerprint density at radius 1 is 0.868 bits per heavy atom. The predicted octanol–water partition coefficient (Wildman–Crippen LogP) is 5.24. The Bertz CT molecular complexity index is 2190. The van der Waals surface area contributed by atoms with E-state index in [9.17, 15) is 29.4 Å². The number of aliphatic hydroxyl groups excluding tert-OH is 1. The number of unbranched alkanes of at least 4 members (excludes halogenated alkanes) is 2. The Labute approximate surface area is 307 Å². The number of rotatable bonds is 12. The fourth-order valence-corrected chi connectivity index (χ4v) is 6.39. The van der Waals surface area contributed by atoms with Crippen molar-refractivity contribution in [1.82, 2.24) is 29.4 Å². The summed E-state index contributed by atoms with van der Waals surface area (Å²) in [5, 5.41) is 33.3. The first kappa shape index (κ1) is 36.7. The van der Waals surface area contributed by atoms with Crippen LogP contribution in [0.3, 0.4) is 0 Å². The van der Waals surface area contributed by atoms with Crippen molar-refractivity contribution in [3.05, 3.63) is 129 Å². The van der Waals surface area contributed by atoms with Gasteiger partial charge in [-0.1, -0.05) is 69.2 Å². The number of hydrogen-bond donors (Lipinski definition) is 3. The average molecular weight is 718 g/mol. The van der Waals surface area contributed by atoms with Crippen molar-refractivity contribution in [2.45, 2.75) is 65.6 Å². The molecule has 13 heteroatoms. The lowest BCUT2D eigenvalue weighted by Crippen LogP contribution is -2.44. The van der Waals surface area contributed by atoms with Crippen LogP contribution in [-0.4, -0.2) is 76.6 Å². The van der Waals surface area contributed by atoms with E-state index >= 15 is 0 Å². The van der Waals surface area contributed by atoms with Crippen LogP contribution in [-0.2, 0) is 13.0 Å². The number of para-hydroxylation sites is 1. The highest BCUT2D eigenvalue weighted by Crippen LogP contribution is 2.29. The van der Waals surface area contributed by atoms with E-state index in [1.165, 1.54) is 15.6 Å². The van der Waals surface area contributed by atoms with Crippen molar-refractivity contribution in [2.24, 2.45) is 0 Å². The summed E-state index contributed by atoms with van der Waals surface area (Å²) in [7, 11) is 0. The SMILES string of the molecule is CCCCN(CCCC)C(=O)c1cc(C)n(-c2ccc(NC(=O)c3nn(-c4ccccc4)c(=O)cc3O)cc2C(=O)N2Cc3ccccc3CC2O)n1. The minimum absolute atomic E-state index is 0.103. The Hall–Kier alpha value is -6.08. The molecule has 0 saturated carbocycles. The molecule has 274 valence electrons. The van der Waals surface area contributed by atoms with Gasteiger partial charge in [0.25, 0.3) is 23.3 Å². The van der Waals surface area contributed by atoms with Gasteiger partial charge in [0.05, 0.1) is 16.9 Å². The predicted molar refractivity (Wildman–Crippen MR) is 199 cm³/mol. The summed E-state index contributed by atoms with van der Waals surface area (Å²) in [5.41, 5.74) is 2.67. The fourth-order valence-electron chi connectivity index (χ4n) is 6.39. The molecule has 0 spiro atoms. The number of fused-ring (bicyclic) bond motifs is 1. The lowest BCUT2D eigenvalue weighted by molar-refractivity contribution is -0.00173. The summed E-state index contributed by atoms with van der Waals surface area (Å²) in [4.78, 5) is 57.5. The second kappa shape index (κ2) is 16.1. The zero-order valence-corrected chi connectivity index (χ0v) is 30.0. The summed E-state index contributed by atoms with van der Waals surface area (Å²) in [6, 6.07) is 23.3. The van der Waals surface area contributed by atoms with Crippen LogP contribution in [0.4, 0.5) is 5.69 Å². The first-order valence-electron chi connectivity index (χ1n) is 17.9. The molecular formula is C40H43N7O6. The quantitative estimate of drug-likeness (QED) is 0.158. The molecule has 13 nitrogen and oxygen atoms in total. The number of anilines is 1. The van der Waals surface area contributed by atoms with Gasteiger partial charge in [-0.3, -0.25) is 19.2 Å². The van der Waals surface area contributed by atoms with Crippen LogP contribution in [0.2, 0.25) is 0 Å². The summed E-state index contributed by atoms with van der Waals surface area (Å²) in [5.74, 6) is -2.16. The van der Waals surface area contributed by atoms with Gasteiger partial charge in [-0.25, -0.2) is 4.68 Å². The van der Waals surface area contributed by atoms with E-state index in [1.807, 2.05) is 29.2 Å². The molecule has 1 atom stereocenters. The molecule has 0 saturated heterocycles. The normalized spacial score (nSPS) is 13.7. The average Bonchev–Trinajstić information content (AvgIpc) is 3.55. The molecule has 3 amide bonds. The second-order valence-corrected chi connectivity index (χ2v) is 13.1. The molecule has 3 aromatic carbocycles. The van der Waals surface area contributed by atoms with Gasteiger partial charge in [-0.2, -0.15) is 14.9 Å². The number of nitrogens with one attached hydrogen (secondary N) is 1. The van der Waals surface area contributed by atoms with Crippen LogP contribution in [0.15, 0.2) is 89.7 Å². The maximum Gasteiger partial charge on any atom is 0.279 e. The van der Waals surface area contributed by atoms with Crippen molar-refractivity contribution in [3.8, 4) is 17.1 Å². The summed E-state index contributed by atoms with van der Waals surface area (Å²) in [6.07, 6.45) is 2.73. The fraction of sp³-hybridized carbons (Fsp3) is 0.300. The van der Waals surface area contributed by atoms with Gasteiger partial charge < -0.3 is 25.3 Å². The molecule has 0 aliphatic carbocycles. The number of carbonyl (C=O) groups excluding carboxylic acids is 3. The summed E-state index contributed by atoms with van der Waals surface area (Å²) >= 11 is 0. The molecular weight excluding hydrogens is 674 g/mol. The van der Waals surface area contributed by atoms with Crippen molar-refractivity contribution >= 4 is 23.4 Å². The zero-order chi connectivity index (χ0) is 37.6. The minimum atomic E-state index is -1.12. The van der Waals surface area contributed by atoms with E-state index in [0.717, 1.165) is 47.6 Å². The number of amides is 3. The highest BCUT2D eigenvalue weighted by molar-refractivity contribution is 6.06. The number of aryl methyl sites for hydroxylation is 1. The summed E-state index contributed by atoms with van der Waals surface area (Å²) in [6.45, 7) is 7.31. The van der Waals surface area contributed by atoms with E-state index in [-0.39, 0.29) is 35.8 Å². The molecule has 53 heavy (non-hydrogen) atoms. The lowest BCUT2D eigenvalue weighted by Gasteiger charge is -2.34. The van der Waals surface area contributed by atoms with Gasteiger partial charge in [0, 0.05) is 43.5 Å². The smallest absolute Gasteiger partial charge is 0.279 e. The van der Waals surface area contributed by atoms with Gasteiger partial charge in [-0.15, -0.1) is 0 Å². The third kappa shape index (κ3) is 7.90. The number of hydrogen-bond acceptors (Lipinski definition) is 8. The van der Waals surface area contributed by atoms with Crippen molar-refractivity contribution in [2.75, 3.05) is 18.4 Å². The van der Waals surface area contributed by atoms with Crippen LogP contribution >= 0.6 is 0 Å². The van der Waals surface area contributed by atoms with Crippen LogP contribution in [0.5, 0.6) is 5.75 Å². The lowest BCUT2D eigenvalue weighted by atomic mass is 9.97. The Balaban J connectivity index is 1.38. The second-order valence-electron chi connectivity index (χ2n) is 13.1. The molecule has 0 radical (unpaired) electrons. The molecule has 1 aliphatic heterocycles. The van der Waals surface area contributed by atoms with E-state index in [4.69, 9.17) is 0 Å². The molecule has 1 aliphatic rings. The highest BCUT2D eigenvalue weighted by atomic mass is 16.3. The third-order valence-corrected chi connectivity index (χ3v) is 9.28. The van der Waals surface area contributed by atoms with Crippen LogP contribution in [0.1, 0.15) is 87.7 Å². The summed E-state index contributed by atoms with van der Waals surface area (Å²) < 4.78 is 2.53. The third-order valence-electron chi connectivity index (χ3n) is 9.28. The molecule has 6 rings (SSSR count). The van der Waals surface area contributed by atoms with Gasteiger partial charge in [0.15, 0.2) is 17.1 Å². The topological polar surface area (TPSA) is 163 Å². The van der Waals surface area contributed by atoms with Gasteiger partial charge >= 0.3 is 0 Å². The largest absolute Gasteiger partial charge is 0.505 e. The van der Waals surface area contributed by atoms with Crippen molar-refractivity contribution < 1.29 is 24.6 Å². The van der Waals surface area contributed by atoms with Crippen molar-refractivity contribution in [1.29, 1.82) is 0 Å². The first-order valence-corrected chi connectivity index (χ1v) is 17.9. The first-order chi connectivity index (χ1) is 25.6.